The van der Waals surface area contributed by atoms with Crippen LogP contribution in [0.5, 0.6) is 0 Å². The quantitative estimate of drug-likeness (QED) is 0.804. The van der Waals surface area contributed by atoms with Crippen molar-refractivity contribution in [2.45, 2.75) is 25.8 Å². The average molecular weight is 286 g/mol. The number of benzene rings is 2. The van der Waals surface area contributed by atoms with Crippen LogP contribution in [0.15, 0.2) is 48.5 Å². The molecule has 1 aliphatic rings. The highest BCUT2D eigenvalue weighted by Crippen LogP contribution is 2.33. The number of hydrogen-bond acceptors (Lipinski definition) is 1. The van der Waals surface area contributed by atoms with Crippen LogP contribution in [0.25, 0.3) is 0 Å². The van der Waals surface area contributed by atoms with Crippen molar-refractivity contribution < 1.29 is 4.79 Å². The number of anilines is 1. The standard InChI is InChI=1S/C17H16ClNO/c1-2-13-11-12-7-6-10-15(18)16(12)17(20)19(13)14-8-4-3-5-9-14/h3-10,13H,2,11H2,1H3. The van der Waals surface area contributed by atoms with E-state index in [2.05, 4.69) is 6.92 Å². The van der Waals surface area contributed by atoms with Crippen molar-refractivity contribution in [3.05, 3.63) is 64.7 Å². The maximum Gasteiger partial charge on any atom is 0.260 e. The SMILES string of the molecule is CCC1Cc2cccc(Cl)c2C(=O)N1c1ccccc1. The van der Waals surface area contributed by atoms with Gasteiger partial charge < -0.3 is 4.90 Å². The average Bonchev–Trinajstić information content (AvgIpc) is 2.47. The summed E-state index contributed by atoms with van der Waals surface area (Å²) in [6.45, 7) is 2.11. The molecule has 1 heterocycles. The maximum atomic E-state index is 12.8. The minimum Gasteiger partial charge on any atom is -0.305 e. The first kappa shape index (κ1) is 13.2. The summed E-state index contributed by atoms with van der Waals surface area (Å²) in [6.07, 6.45) is 1.78. The zero-order chi connectivity index (χ0) is 14.1. The fourth-order valence-electron chi connectivity index (χ4n) is 2.85. The summed E-state index contributed by atoms with van der Waals surface area (Å²) in [6, 6.07) is 15.7. The molecule has 0 aromatic heterocycles. The maximum absolute atomic E-state index is 12.8. The van der Waals surface area contributed by atoms with Gasteiger partial charge >= 0.3 is 0 Å². The molecule has 0 radical (unpaired) electrons. The summed E-state index contributed by atoms with van der Waals surface area (Å²) in [7, 11) is 0. The lowest BCUT2D eigenvalue weighted by atomic mass is 9.91. The Hall–Kier alpha value is -1.80. The van der Waals surface area contributed by atoms with Crippen LogP contribution in [-0.2, 0) is 6.42 Å². The van der Waals surface area contributed by atoms with Crippen LogP contribution in [-0.4, -0.2) is 11.9 Å². The van der Waals surface area contributed by atoms with Gasteiger partial charge in [-0.05, 0) is 36.6 Å². The first-order valence-electron chi connectivity index (χ1n) is 6.88. The van der Waals surface area contributed by atoms with E-state index < -0.39 is 0 Å². The van der Waals surface area contributed by atoms with Gasteiger partial charge in [0.15, 0.2) is 0 Å². The predicted molar refractivity (Wildman–Crippen MR) is 82.5 cm³/mol. The van der Waals surface area contributed by atoms with Gasteiger partial charge in [-0.25, -0.2) is 0 Å². The molecule has 102 valence electrons. The van der Waals surface area contributed by atoms with Gasteiger partial charge in [0.05, 0.1) is 10.6 Å². The Morgan fingerprint density at radius 1 is 1.15 bits per heavy atom. The minimum absolute atomic E-state index is 0.00917. The molecule has 20 heavy (non-hydrogen) atoms. The lowest BCUT2D eigenvalue weighted by Crippen LogP contribution is -2.45. The zero-order valence-electron chi connectivity index (χ0n) is 11.3. The molecule has 0 spiro atoms. The molecule has 2 nitrogen and oxygen atoms in total. The van der Waals surface area contributed by atoms with E-state index in [1.165, 1.54) is 0 Å². The Labute approximate surface area is 124 Å². The van der Waals surface area contributed by atoms with Gasteiger partial charge in [-0.15, -0.1) is 0 Å². The van der Waals surface area contributed by atoms with Crippen LogP contribution >= 0.6 is 11.6 Å². The van der Waals surface area contributed by atoms with Gasteiger partial charge in [0, 0.05) is 11.7 Å². The number of halogens is 1. The smallest absolute Gasteiger partial charge is 0.260 e. The fourth-order valence-corrected chi connectivity index (χ4v) is 3.13. The molecule has 2 aromatic rings. The molecule has 0 bridgehead atoms. The highest BCUT2D eigenvalue weighted by atomic mass is 35.5. The molecule has 1 aliphatic heterocycles. The number of carbonyl (C=O) groups is 1. The highest BCUT2D eigenvalue weighted by Gasteiger charge is 2.33. The van der Waals surface area contributed by atoms with Gasteiger partial charge in [0.25, 0.3) is 5.91 Å². The Morgan fingerprint density at radius 3 is 2.60 bits per heavy atom. The predicted octanol–water partition coefficient (Wildman–Crippen LogP) is 4.32. The van der Waals surface area contributed by atoms with Gasteiger partial charge in [-0.2, -0.15) is 0 Å². The zero-order valence-corrected chi connectivity index (χ0v) is 12.1. The van der Waals surface area contributed by atoms with Crippen LogP contribution in [0, 0.1) is 0 Å². The lowest BCUT2D eigenvalue weighted by molar-refractivity contribution is 0.0966. The third-order valence-corrected chi connectivity index (χ3v) is 4.17. The molecule has 1 unspecified atom stereocenters. The van der Waals surface area contributed by atoms with Crippen molar-refractivity contribution in [2.24, 2.45) is 0 Å². The highest BCUT2D eigenvalue weighted by molar-refractivity contribution is 6.35. The summed E-state index contributed by atoms with van der Waals surface area (Å²) in [4.78, 5) is 14.7. The van der Waals surface area contributed by atoms with Crippen molar-refractivity contribution >= 4 is 23.2 Å². The molecule has 3 heteroatoms. The van der Waals surface area contributed by atoms with E-state index in [4.69, 9.17) is 11.6 Å². The number of para-hydroxylation sites is 1. The van der Waals surface area contributed by atoms with Crippen molar-refractivity contribution in [1.82, 2.24) is 0 Å². The number of fused-ring (bicyclic) bond motifs is 1. The molecule has 1 atom stereocenters. The largest absolute Gasteiger partial charge is 0.305 e. The Morgan fingerprint density at radius 2 is 1.90 bits per heavy atom. The van der Waals surface area contributed by atoms with Crippen LogP contribution in [0.3, 0.4) is 0 Å². The lowest BCUT2D eigenvalue weighted by Gasteiger charge is -2.36. The Kier molecular flexibility index (Phi) is 3.49. The molecule has 2 aromatic carbocycles. The summed E-state index contributed by atoms with van der Waals surface area (Å²) < 4.78 is 0. The van der Waals surface area contributed by atoms with Crippen molar-refractivity contribution in [3.8, 4) is 0 Å². The van der Waals surface area contributed by atoms with Gasteiger partial charge in [-0.3, -0.25) is 4.79 Å². The topological polar surface area (TPSA) is 20.3 Å². The number of carbonyl (C=O) groups excluding carboxylic acids is 1. The molecule has 0 N–H and O–H groups in total. The van der Waals surface area contributed by atoms with E-state index in [0.717, 1.165) is 24.1 Å². The third-order valence-electron chi connectivity index (χ3n) is 3.86. The second-order valence-corrected chi connectivity index (χ2v) is 5.46. The molecule has 0 fully saturated rings. The number of hydrogen-bond donors (Lipinski definition) is 0. The van der Waals surface area contributed by atoms with E-state index in [0.29, 0.717) is 10.6 Å². The fraction of sp³-hybridized carbons (Fsp3) is 0.235. The van der Waals surface area contributed by atoms with Crippen LogP contribution in [0.2, 0.25) is 5.02 Å². The first-order valence-corrected chi connectivity index (χ1v) is 7.26. The monoisotopic (exact) mass is 285 g/mol. The molecular formula is C17H16ClNO. The normalized spacial score (nSPS) is 18.0. The van der Waals surface area contributed by atoms with Gasteiger partial charge in [0.1, 0.15) is 0 Å². The number of nitrogens with zero attached hydrogens (tertiary/aromatic N) is 1. The molecule has 1 amide bonds. The summed E-state index contributed by atoms with van der Waals surface area (Å²) in [5.41, 5.74) is 2.65. The van der Waals surface area contributed by atoms with E-state index in [1.54, 1.807) is 6.07 Å². The van der Waals surface area contributed by atoms with E-state index >= 15 is 0 Å². The number of rotatable bonds is 2. The summed E-state index contributed by atoms with van der Waals surface area (Å²) in [5, 5.41) is 0.544. The van der Waals surface area contributed by atoms with Crippen LogP contribution < -0.4 is 4.90 Å². The molecule has 3 rings (SSSR count). The van der Waals surface area contributed by atoms with Gasteiger partial charge in [0.2, 0.25) is 0 Å². The van der Waals surface area contributed by atoms with Crippen LogP contribution in [0.1, 0.15) is 29.3 Å². The van der Waals surface area contributed by atoms with Crippen LogP contribution in [0.4, 0.5) is 5.69 Å². The van der Waals surface area contributed by atoms with Gasteiger partial charge in [-0.1, -0.05) is 48.9 Å². The van der Waals surface area contributed by atoms with E-state index in [9.17, 15) is 4.79 Å². The molecular weight excluding hydrogens is 270 g/mol. The second-order valence-electron chi connectivity index (χ2n) is 5.05. The van der Waals surface area contributed by atoms with Crippen molar-refractivity contribution in [1.29, 1.82) is 0 Å². The summed E-state index contributed by atoms with van der Waals surface area (Å²) >= 11 is 6.23. The Bertz CT molecular complexity index is 639. The third kappa shape index (κ3) is 2.10. The molecule has 0 saturated carbocycles. The first-order chi connectivity index (χ1) is 9.72. The van der Waals surface area contributed by atoms with E-state index in [-0.39, 0.29) is 11.9 Å². The molecule has 0 saturated heterocycles. The molecule has 0 aliphatic carbocycles. The summed E-state index contributed by atoms with van der Waals surface area (Å²) in [5.74, 6) is 0.00917. The minimum atomic E-state index is 0.00917. The van der Waals surface area contributed by atoms with E-state index in [1.807, 2.05) is 47.4 Å². The van der Waals surface area contributed by atoms with Crippen molar-refractivity contribution in [2.75, 3.05) is 4.90 Å². The second kappa shape index (κ2) is 5.29. The van der Waals surface area contributed by atoms with Crippen molar-refractivity contribution in [3.63, 3.8) is 0 Å². The number of amides is 1. The Balaban J connectivity index is 2.11.